The van der Waals surface area contributed by atoms with Crippen LogP contribution in [0.15, 0.2) is 72.3 Å². The largest absolute Gasteiger partial charge is 0.493 e. The smallest absolute Gasteiger partial charge is 0.309 e. The Balaban J connectivity index is 0.000000870. The van der Waals surface area contributed by atoms with Crippen LogP contribution in [0.4, 0.5) is 0 Å². The second-order valence-electron chi connectivity index (χ2n) is 10.9. The first-order valence-corrected chi connectivity index (χ1v) is 16.0. The molecule has 0 spiro atoms. The molecule has 0 saturated carbocycles. The molecule has 2 unspecified atom stereocenters. The maximum atomic E-state index is 12.9. The zero-order valence-electron chi connectivity index (χ0n) is 28.4. The number of amides is 1. The molecule has 1 N–H and O–H groups in total. The number of benzene rings is 2. The Kier molecular flexibility index (Phi) is 18.0. The average molecular weight is 665 g/mol. The number of rotatable bonds is 19. The minimum Gasteiger partial charge on any atom is -0.493 e. The molecule has 1 aliphatic rings. The molecule has 2 aromatic rings. The van der Waals surface area contributed by atoms with E-state index in [1.807, 2.05) is 49.4 Å². The number of nitrogens with zero attached hydrogens (tertiary/aromatic N) is 2. The molecule has 3 rings (SSSR count). The predicted octanol–water partition coefficient (Wildman–Crippen LogP) is 5.19. The zero-order valence-corrected chi connectivity index (χ0v) is 28.4. The van der Waals surface area contributed by atoms with E-state index in [0.717, 1.165) is 5.56 Å². The van der Waals surface area contributed by atoms with Gasteiger partial charge in [0.1, 0.15) is 6.04 Å². The Labute approximate surface area is 283 Å². The highest BCUT2D eigenvalue weighted by Crippen LogP contribution is 2.38. The Hall–Kier alpha value is -4.77. The SMILES string of the molecule is C=CCC(C/C=C/C)C(=O)OCCCN1CC=NC(CCCC(=O)C(=O)c2cc(OC)c(OC)c(OC)c2)C1=O.OCc1ccccc1. The first-order valence-electron chi connectivity index (χ1n) is 16.0. The molecule has 1 amide bonds. The van der Waals surface area contributed by atoms with Crippen molar-refractivity contribution in [2.75, 3.05) is 41.0 Å². The van der Waals surface area contributed by atoms with E-state index in [1.165, 1.54) is 33.5 Å². The van der Waals surface area contributed by atoms with Crippen molar-refractivity contribution in [1.82, 2.24) is 4.90 Å². The summed E-state index contributed by atoms with van der Waals surface area (Å²) in [6, 6.07) is 11.8. The molecule has 2 aromatic carbocycles. The van der Waals surface area contributed by atoms with Crippen LogP contribution in [0.5, 0.6) is 17.2 Å². The summed E-state index contributed by atoms with van der Waals surface area (Å²) in [4.78, 5) is 56.6. The van der Waals surface area contributed by atoms with Gasteiger partial charge in [0.15, 0.2) is 11.5 Å². The van der Waals surface area contributed by atoms with Gasteiger partial charge in [-0.05, 0) is 56.7 Å². The number of methoxy groups -OCH3 is 3. The van der Waals surface area contributed by atoms with Gasteiger partial charge < -0.3 is 29.0 Å². The number of allylic oxidation sites excluding steroid dienone is 3. The molecule has 2 atom stereocenters. The Morgan fingerprint density at radius 1 is 1.04 bits per heavy atom. The number of aliphatic hydroxyl groups excluding tert-OH is 1. The van der Waals surface area contributed by atoms with Gasteiger partial charge in [0, 0.05) is 24.7 Å². The predicted molar refractivity (Wildman–Crippen MR) is 184 cm³/mol. The first kappa shape index (κ1) is 39.4. The third-order valence-corrected chi connectivity index (χ3v) is 7.53. The zero-order chi connectivity index (χ0) is 35.3. The van der Waals surface area contributed by atoms with Gasteiger partial charge in [-0.2, -0.15) is 0 Å². The van der Waals surface area contributed by atoms with Crippen LogP contribution in [0, 0.1) is 5.92 Å². The molecule has 0 aromatic heterocycles. The van der Waals surface area contributed by atoms with Crippen molar-refractivity contribution in [3.8, 4) is 17.2 Å². The monoisotopic (exact) mass is 664 g/mol. The molecule has 260 valence electrons. The molecule has 0 fully saturated rings. The van der Waals surface area contributed by atoms with E-state index in [9.17, 15) is 19.2 Å². The van der Waals surface area contributed by atoms with Gasteiger partial charge in [0.2, 0.25) is 23.2 Å². The lowest BCUT2D eigenvalue weighted by atomic mass is 10.00. The third kappa shape index (κ3) is 12.4. The Morgan fingerprint density at radius 3 is 2.29 bits per heavy atom. The second-order valence-corrected chi connectivity index (χ2v) is 10.9. The maximum absolute atomic E-state index is 12.9. The fraction of sp³-hybridized carbons (Fsp3) is 0.432. The van der Waals surface area contributed by atoms with Crippen LogP contribution in [0.2, 0.25) is 0 Å². The fourth-order valence-electron chi connectivity index (χ4n) is 4.90. The van der Waals surface area contributed by atoms with Crippen LogP contribution in [0.25, 0.3) is 0 Å². The van der Waals surface area contributed by atoms with E-state index < -0.39 is 17.6 Å². The minimum atomic E-state index is -0.671. The van der Waals surface area contributed by atoms with Crippen LogP contribution in [0.1, 0.15) is 61.4 Å². The highest BCUT2D eigenvalue weighted by atomic mass is 16.5. The van der Waals surface area contributed by atoms with Gasteiger partial charge in [-0.25, -0.2) is 0 Å². The standard InChI is InChI=1S/C30H40N2O8.C7H8O/c1-6-8-12-21(11-7-2)30(36)40-18-10-16-32-17-15-31-23(29(32)35)13-9-14-24(33)27(34)22-19-25(37-3)28(39-5)26(20-22)38-4;8-6-7-4-2-1-3-5-7/h6-8,15,19-21,23H,2,9-14,16-18H2,1,3-5H3;1-5,8H,6H2/b8-6+;. The number of Topliss-reactive ketones (excluding diaryl/α,β-unsaturated/α-hetero) is 2. The van der Waals surface area contributed by atoms with Gasteiger partial charge in [-0.15, -0.1) is 6.58 Å². The summed E-state index contributed by atoms with van der Waals surface area (Å²) in [6.45, 7) is 6.75. The molecule has 48 heavy (non-hydrogen) atoms. The molecule has 1 heterocycles. The summed E-state index contributed by atoms with van der Waals surface area (Å²) in [5, 5.41) is 8.54. The topological polar surface area (TPSA) is 141 Å². The third-order valence-electron chi connectivity index (χ3n) is 7.53. The maximum Gasteiger partial charge on any atom is 0.309 e. The summed E-state index contributed by atoms with van der Waals surface area (Å²) >= 11 is 0. The van der Waals surface area contributed by atoms with E-state index in [4.69, 9.17) is 24.1 Å². The molecule has 0 aliphatic carbocycles. The lowest BCUT2D eigenvalue weighted by Crippen LogP contribution is -2.43. The van der Waals surface area contributed by atoms with Crippen LogP contribution in [0.3, 0.4) is 0 Å². The average Bonchev–Trinajstić information content (AvgIpc) is 3.12. The van der Waals surface area contributed by atoms with Crippen molar-refractivity contribution in [3.63, 3.8) is 0 Å². The van der Waals surface area contributed by atoms with Crippen molar-refractivity contribution >= 4 is 29.7 Å². The Bertz CT molecular complexity index is 1380. The quantitative estimate of drug-likeness (QED) is 0.0707. The first-order chi connectivity index (χ1) is 23.2. The van der Waals surface area contributed by atoms with Crippen LogP contribution < -0.4 is 14.2 Å². The number of ketones is 2. The van der Waals surface area contributed by atoms with Crippen molar-refractivity contribution in [2.24, 2.45) is 10.9 Å². The number of esters is 1. The molecular weight excluding hydrogens is 616 g/mol. The van der Waals surface area contributed by atoms with Crippen LogP contribution in [-0.4, -0.2) is 86.7 Å². The number of carbonyl (C=O) groups is 4. The van der Waals surface area contributed by atoms with E-state index in [-0.39, 0.29) is 54.5 Å². The molecule has 11 heteroatoms. The highest BCUT2D eigenvalue weighted by molar-refractivity contribution is 6.43. The van der Waals surface area contributed by atoms with Crippen molar-refractivity contribution in [2.45, 2.75) is 58.1 Å². The van der Waals surface area contributed by atoms with E-state index in [0.29, 0.717) is 50.9 Å². The van der Waals surface area contributed by atoms with Gasteiger partial charge in [0.05, 0.1) is 47.0 Å². The molecular formula is C37H48N2O9. The summed E-state index contributed by atoms with van der Waals surface area (Å²) in [6.07, 6.45) is 9.49. The summed E-state index contributed by atoms with van der Waals surface area (Å²) in [7, 11) is 4.30. The van der Waals surface area contributed by atoms with Gasteiger partial charge in [-0.3, -0.25) is 24.2 Å². The highest BCUT2D eigenvalue weighted by Gasteiger charge is 2.27. The van der Waals surface area contributed by atoms with Crippen molar-refractivity contribution in [1.29, 1.82) is 0 Å². The fourth-order valence-corrected chi connectivity index (χ4v) is 4.90. The number of aliphatic imine (C=N–C) groups is 1. The molecule has 0 radical (unpaired) electrons. The molecule has 1 aliphatic heterocycles. The van der Waals surface area contributed by atoms with E-state index in [2.05, 4.69) is 11.6 Å². The molecule has 0 saturated heterocycles. The summed E-state index contributed by atoms with van der Waals surface area (Å²) in [5.41, 5.74) is 1.10. The van der Waals surface area contributed by atoms with E-state index in [1.54, 1.807) is 17.2 Å². The minimum absolute atomic E-state index is 0.0240. The molecule has 11 nitrogen and oxygen atoms in total. The van der Waals surface area contributed by atoms with Crippen LogP contribution >= 0.6 is 0 Å². The number of hydrogen-bond acceptors (Lipinski definition) is 10. The number of aliphatic hydroxyl groups is 1. The lowest BCUT2D eigenvalue weighted by molar-refractivity contribution is -0.148. The van der Waals surface area contributed by atoms with Crippen molar-refractivity contribution in [3.05, 3.63) is 78.4 Å². The summed E-state index contributed by atoms with van der Waals surface area (Å²) < 4.78 is 21.2. The number of hydrogen-bond donors (Lipinski definition) is 1. The van der Waals surface area contributed by atoms with Crippen molar-refractivity contribution < 1.29 is 43.2 Å². The van der Waals surface area contributed by atoms with E-state index >= 15 is 0 Å². The van der Waals surface area contributed by atoms with Gasteiger partial charge >= 0.3 is 5.97 Å². The van der Waals surface area contributed by atoms with Gasteiger partial charge in [0.25, 0.3) is 0 Å². The molecule has 0 bridgehead atoms. The second kappa shape index (κ2) is 21.9. The lowest BCUT2D eigenvalue weighted by Gasteiger charge is -2.28. The number of carbonyl (C=O) groups excluding carboxylic acids is 4. The number of ether oxygens (including phenoxy) is 4. The normalized spacial score (nSPS) is 14.5. The summed E-state index contributed by atoms with van der Waals surface area (Å²) in [5.74, 6) is -1.04. The Morgan fingerprint density at radius 2 is 1.73 bits per heavy atom. The van der Waals surface area contributed by atoms with Crippen LogP contribution in [-0.2, 0) is 25.7 Å². The van der Waals surface area contributed by atoms with Gasteiger partial charge in [-0.1, -0.05) is 48.6 Å².